The molecule has 1 N–H and O–H groups in total. The molecule has 1 rings (SSSR count). The maximum Gasteiger partial charge on any atom is 0.396 e. The Labute approximate surface area is 71.3 Å². The summed E-state index contributed by atoms with van der Waals surface area (Å²) in [6.45, 7) is 2.11. The molecule has 4 heteroatoms. The average Bonchev–Trinajstić information content (AvgIpc) is 2.00. The zero-order chi connectivity index (χ0) is 9.14. The van der Waals surface area contributed by atoms with Gasteiger partial charge in [-0.25, -0.2) is 4.79 Å². The van der Waals surface area contributed by atoms with E-state index in [4.69, 9.17) is 0 Å². The Kier molecular flexibility index (Phi) is 2.68. The lowest BCUT2D eigenvalue weighted by atomic mass is 9.82. The minimum Gasteiger partial charge on any atom is -0.462 e. The van der Waals surface area contributed by atoms with Gasteiger partial charge in [-0.1, -0.05) is 6.92 Å². The van der Waals surface area contributed by atoms with E-state index in [9.17, 15) is 9.59 Å². The van der Waals surface area contributed by atoms with E-state index in [2.05, 4.69) is 17.0 Å². The zero-order valence-electron chi connectivity index (χ0n) is 7.29. The Balaban J connectivity index is 2.23. The highest BCUT2D eigenvalue weighted by Crippen LogP contribution is 2.25. The predicted molar refractivity (Wildman–Crippen MR) is 42.3 cm³/mol. The van der Waals surface area contributed by atoms with Crippen molar-refractivity contribution in [3.63, 3.8) is 0 Å². The number of nitrogens with one attached hydrogen (secondary N) is 1. The van der Waals surface area contributed by atoms with Crippen LogP contribution in [0.1, 0.15) is 19.8 Å². The Hall–Kier alpha value is -1.06. The van der Waals surface area contributed by atoms with E-state index in [1.807, 2.05) is 0 Å². The van der Waals surface area contributed by atoms with Crippen molar-refractivity contribution in [2.45, 2.75) is 25.8 Å². The van der Waals surface area contributed by atoms with Gasteiger partial charge in [0.1, 0.15) is 0 Å². The number of hydrogen-bond donors (Lipinski definition) is 1. The fourth-order valence-corrected chi connectivity index (χ4v) is 1.36. The van der Waals surface area contributed by atoms with Crippen LogP contribution in [-0.2, 0) is 14.3 Å². The van der Waals surface area contributed by atoms with Crippen LogP contribution < -0.4 is 5.32 Å². The van der Waals surface area contributed by atoms with Crippen LogP contribution in [0.15, 0.2) is 0 Å². The second kappa shape index (κ2) is 3.56. The van der Waals surface area contributed by atoms with Crippen LogP contribution in [0.5, 0.6) is 0 Å². The predicted octanol–water partition coefficient (Wildman–Crippen LogP) is 0.0741. The van der Waals surface area contributed by atoms with Gasteiger partial charge in [0, 0.05) is 6.04 Å². The topological polar surface area (TPSA) is 55.4 Å². The molecule has 1 aliphatic carbocycles. The highest BCUT2D eigenvalue weighted by atomic mass is 16.5. The fourth-order valence-electron chi connectivity index (χ4n) is 1.36. The second-order valence-electron chi connectivity index (χ2n) is 3.24. The third-order valence-corrected chi connectivity index (χ3v) is 2.08. The first kappa shape index (κ1) is 9.03. The molecule has 1 amide bonds. The third kappa shape index (κ3) is 1.96. The van der Waals surface area contributed by atoms with Crippen LogP contribution in [0.2, 0.25) is 0 Å². The van der Waals surface area contributed by atoms with Crippen LogP contribution >= 0.6 is 0 Å². The molecular weight excluding hydrogens is 158 g/mol. The first-order valence-electron chi connectivity index (χ1n) is 4.02. The molecule has 1 saturated carbocycles. The number of methoxy groups -OCH3 is 1. The summed E-state index contributed by atoms with van der Waals surface area (Å²) in [5.74, 6) is -0.781. The second-order valence-corrected chi connectivity index (χ2v) is 3.24. The molecule has 0 heterocycles. The van der Waals surface area contributed by atoms with Gasteiger partial charge in [-0.15, -0.1) is 0 Å². The Morgan fingerprint density at radius 3 is 2.42 bits per heavy atom. The van der Waals surface area contributed by atoms with Gasteiger partial charge in [0.2, 0.25) is 0 Å². The van der Waals surface area contributed by atoms with Gasteiger partial charge in [0.25, 0.3) is 0 Å². The normalized spacial score (nSPS) is 27.2. The average molecular weight is 171 g/mol. The summed E-state index contributed by atoms with van der Waals surface area (Å²) in [5.41, 5.74) is 0. The summed E-state index contributed by atoms with van der Waals surface area (Å²) < 4.78 is 4.26. The highest BCUT2D eigenvalue weighted by Gasteiger charge is 2.28. The Morgan fingerprint density at radius 2 is 2.00 bits per heavy atom. The summed E-state index contributed by atoms with van der Waals surface area (Å²) in [7, 11) is 1.20. The lowest BCUT2D eigenvalue weighted by Gasteiger charge is -2.32. The molecule has 12 heavy (non-hydrogen) atoms. The molecule has 0 atom stereocenters. The number of ether oxygens (including phenoxy) is 1. The first-order valence-corrected chi connectivity index (χ1v) is 4.02. The van der Waals surface area contributed by atoms with Crippen molar-refractivity contribution in [2.24, 2.45) is 5.92 Å². The molecule has 0 radical (unpaired) electrons. The van der Waals surface area contributed by atoms with Gasteiger partial charge in [0.05, 0.1) is 7.11 Å². The lowest BCUT2D eigenvalue weighted by Crippen LogP contribution is -2.46. The van der Waals surface area contributed by atoms with Crippen LogP contribution in [0.25, 0.3) is 0 Å². The SMILES string of the molecule is COC(=O)C(=O)NC1CC(C)C1. The highest BCUT2D eigenvalue weighted by molar-refractivity contribution is 6.32. The number of carbonyl (C=O) groups is 2. The van der Waals surface area contributed by atoms with Crippen LogP contribution in [0.3, 0.4) is 0 Å². The summed E-state index contributed by atoms with van der Waals surface area (Å²) in [6, 6.07) is 0.173. The van der Waals surface area contributed by atoms with E-state index in [1.54, 1.807) is 0 Å². The maximum atomic E-state index is 10.9. The summed E-state index contributed by atoms with van der Waals surface area (Å²) in [5, 5.41) is 2.58. The number of hydrogen-bond acceptors (Lipinski definition) is 3. The van der Waals surface area contributed by atoms with Gasteiger partial charge in [-0.3, -0.25) is 4.79 Å². The number of esters is 1. The molecule has 0 aliphatic heterocycles. The molecule has 0 saturated heterocycles. The van der Waals surface area contributed by atoms with Crippen LogP contribution in [0.4, 0.5) is 0 Å². The van der Waals surface area contributed by atoms with Gasteiger partial charge in [-0.2, -0.15) is 0 Å². The van der Waals surface area contributed by atoms with Crippen molar-refractivity contribution in [1.29, 1.82) is 0 Å². The van der Waals surface area contributed by atoms with E-state index in [-0.39, 0.29) is 6.04 Å². The fraction of sp³-hybridized carbons (Fsp3) is 0.750. The molecule has 0 bridgehead atoms. The van der Waals surface area contributed by atoms with Crippen molar-refractivity contribution in [1.82, 2.24) is 5.32 Å². The quantitative estimate of drug-likeness (QED) is 0.449. The number of amides is 1. The lowest BCUT2D eigenvalue weighted by molar-refractivity contribution is -0.153. The van der Waals surface area contributed by atoms with Crippen molar-refractivity contribution in [3.8, 4) is 0 Å². The van der Waals surface area contributed by atoms with Crippen LogP contribution in [-0.4, -0.2) is 25.0 Å². The molecule has 1 aliphatic rings. The van der Waals surface area contributed by atoms with Crippen molar-refractivity contribution >= 4 is 11.9 Å². The maximum absolute atomic E-state index is 10.9. The van der Waals surface area contributed by atoms with E-state index in [0.717, 1.165) is 12.8 Å². The first-order chi connectivity index (χ1) is 5.63. The summed E-state index contributed by atoms with van der Waals surface area (Å²) >= 11 is 0. The zero-order valence-corrected chi connectivity index (χ0v) is 7.29. The van der Waals surface area contributed by atoms with Crippen molar-refractivity contribution in [3.05, 3.63) is 0 Å². The van der Waals surface area contributed by atoms with Crippen LogP contribution in [0, 0.1) is 5.92 Å². The van der Waals surface area contributed by atoms with Crippen molar-refractivity contribution < 1.29 is 14.3 Å². The Morgan fingerprint density at radius 1 is 1.42 bits per heavy atom. The van der Waals surface area contributed by atoms with Gasteiger partial charge in [-0.05, 0) is 18.8 Å². The molecule has 0 aromatic rings. The van der Waals surface area contributed by atoms with E-state index in [0.29, 0.717) is 5.92 Å². The van der Waals surface area contributed by atoms with Crippen molar-refractivity contribution in [2.75, 3.05) is 7.11 Å². The molecule has 0 aromatic heterocycles. The number of rotatable bonds is 1. The molecule has 4 nitrogen and oxygen atoms in total. The molecule has 0 spiro atoms. The van der Waals surface area contributed by atoms with E-state index in [1.165, 1.54) is 7.11 Å². The smallest absolute Gasteiger partial charge is 0.396 e. The molecular formula is C8H13NO3. The van der Waals surface area contributed by atoms with E-state index >= 15 is 0 Å². The minimum absolute atomic E-state index is 0.173. The number of carbonyl (C=O) groups excluding carboxylic acids is 2. The molecule has 68 valence electrons. The molecule has 1 fully saturated rings. The standard InChI is InChI=1S/C8H13NO3/c1-5-3-6(4-5)9-7(10)8(11)12-2/h5-6H,3-4H2,1-2H3,(H,9,10). The van der Waals surface area contributed by atoms with Gasteiger partial charge in [0.15, 0.2) is 0 Å². The molecule has 0 unspecified atom stereocenters. The summed E-state index contributed by atoms with van der Waals surface area (Å²) in [4.78, 5) is 21.5. The summed E-state index contributed by atoms with van der Waals surface area (Å²) in [6.07, 6.45) is 1.92. The monoisotopic (exact) mass is 171 g/mol. The molecule has 0 aromatic carbocycles. The van der Waals surface area contributed by atoms with Gasteiger partial charge >= 0.3 is 11.9 Å². The third-order valence-electron chi connectivity index (χ3n) is 2.08. The Bertz CT molecular complexity index is 196. The van der Waals surface area contributed by atoms with E-state index < -0.39 is 11.9 Å². The van der Waals surface area contributed by atoms with Gasteiger partial charge < -0.3 is 10.1 Å². The minimum atomic E-state index is -0.811. The largest absolute Gasteiger partial charge is 0.462 e.